The number of ether oxygens (including phenoxy) is 1. The average Bonchev–Trinajstić information content (AvgIpc) is 2.30. The molecule has 0 saturated heterocycles. The first kappa shape index (κ1) is 14.5. The van der Waals surface area contributed by atoms with Crippen LogP contribution in [0.5, 0.6) is 0 Å². The monoisotopic (exact) mass is 251 g/mol. The number of carboxylic acids is 1. The Morgan fingerprint density at radius 2 is 2.11 bits per heavy atom. The number of benzene rings is 1. The number of methoxy groups -OCH3 is 1. The van der Waals surface area contributed by atoms with Gasteiger partial charge in [-0.1, -0.05) is 26.0 Å². The minimum atomic E-state index is -0.916. The molecule has 0 fully saturated rings. The molecule has 1 rings (SSSR count). The highest BCUT2D eigenvalue weighted by Crippen LogP contribution is 2.23. The van der Waals surface area contributed by atoms with Crippen molar-refractivity contribution in [2.24, 2.45) is 5.92 Å². The number of nitrogens with one attached hydrogen (secondary N) is 1. The molecule has 0 heterocycles. The maximum atomic E-state index is 11.2. The quantitative estimate of drug-likeness (QED) is 0.816. The van der Waals surface area contributed by atoms with E-state index in [0.29, 0.717) is 23.8 Å². The predicted octanol–water partition coefficient (Wildman–Crippen LogP) is 2.78. The fraction of sp³-hybridized carbons (Fsp3) is 0.500. The maximum Gasteiger partial charge on any atom is 0.337 e. The second-order valence-corrected chi connectivity index (χ2v) is 4.75. The van der Waals surface area contributed by atoms with Gasteiger partial charge in [-0.3, -0.25) is 0 Å². The van der Waals surface area contributed by atoms with E-state index in [2.05, 4.69) is 19.2 Å². The van der Waals surface area contributed by atoms with Gasteiger partial charge in [-0.05, 0) is 24.5 Å². The molecule has 4 nitrogen and oxygen atoms in total. The zero-order chi connectivity index (χ0) is 13.7. The lowest BCUT2D eigenvalue weighted by molar-refractivity contribution is 0.0697. The van der Waals surface area contributed by atoms with Crippen molar-refractivity contribution < 1.29 is 14.6 Å². The van der Waals surface area contributed by atoms with Gasteiger partial charge in [0.15, 0.2) is 0 Å². The van der Waals surface area contributed by atoms with Crippen molar-refractivity contribution in [3.63, 3.8) is 0 Å². The Labute approximate surface area is 108 Å². The molecule has 0 saturated carbocycles. The molecule has 1 unspecified atom stereocenters. The van der Waals surface area contributed by atoms with Gasteiger partial charge in [0.2, 0.25) is 0 Å². The molecule has 0 spiro atoms. The minimum Gasteiger partial charge on any atom is -0.478 e. The smallest absolute Gasteiger partial charge is 0.337 e. The summed E-state index contributed by atoms with van der Waals surface area (Å²) in [4.78, 5) is 11.2. The van der Waals surface area contributed by atoms with Crippen LogP contribution in [-0.2, 0) is 4.74 Å². The van der Waals surface area contributed by atoms with Gasteiger partial charge in [-0.2, -0.15) is 0 Å². The molecule has 0 aliphatic heterocycles. The molecule has 0 aromatic heterocycles. The van der Waals surface area contributed by atoms with Crippen molar-refractivity contribution in [1.82, 2.24) is 0 Å². The third kappa shape index (κ3) is 3.47. The lowest BCUT2D eigenvalue weighted by Gasteiger charge is -2.24. The van der Waals surface area contributed by atoms with E-state index in [4.69, 9.17) is 4.74 Å². The largest absolute Gasteiger partial charge is 0.478 e. The van der Waals surface area contributed by atoms with Gasteiger partial charge < -0.3 is 15.2 Å². The number of para-hydroxylation sites is 1. The van der Waals surface area contributed by atoms with E-state index in [0.717, 1.165) is 5.56 Å². The number of aryl methyl sites for hydroxylation is 1. The Balaban J connectivity index is 3.04. The summed E-state index contributed by atoms with van der Waals surface area (Å²) < 4.78 is 5.17. The molecule has 1 aromatic rings. The molecule has 2 N–H and O–H groups in total. The second-order valence-electron chi connectivity index (χ2n) is 4.75. The summed E-state index contributed by atoms with van der Waals surface area (Å²) in [5.74, 6) is -0.563. The summed E-state index contributed by atoms with van der Waals surface area (Å²) in [5.41, 5.74) is 1.91. The molecule has 0 radical (unpaired) electrons. The number of aromatic carboxylic acids is 1. The van der Waals surface area contributed by atoms with Crippen molar-refractivity contribution in [2.45, 2.75) is 26.8 Å². The van der Waals surface area contributed by atoms with E-state index < -0.39 is 5.97 Å². The molecule has 1 atom stereocenters. The summed E-state index contributed by atoms with van der Waals surface area (Å²) >= 11 is 0. The lowest BCUT2D eigenvalue weighted by Crippen LogP contribution is -2.31. The third-order valence-corrected chi connectivity index (χ3v) is 2.98. The van der Waals surface area contributed by atoms with Crippen molar-refractivity contribution in [1.29, 1.82) is 0 Å². The van der Waals surface area contributed by atoms with E-state index in [-0.39, 0.29) is 6.04 Å². The van der Waals surface area contributed by atoms with E-state index in [1.807, 2.05) is 13.0 Å². The zero-order valence-corrected chi connectivity index (χ0v) is 11.4. The fourth-order valence-corrected chi connectivity index (χ4v) is 1.80. The van der Waals surface area contributed by atoms with E-state index in [1.54, 1.807) is 19.2 Å². The summed E-state index contributed by atoms with van der Waals surface area (Å²) in [6.07, 6.45) is 0. The van der Waals surface area contributed by atoms with Crippen LogP contribution in [0.2, 0.25) is 0 Å². The molecule has 0 aliphatic carbocycles. The lowest BCUT2D eigenvalue weighted by atomic mass is 10.0. The van der Waals surface area contributed by atoms with Crippen LogP contribution in [0.4, 0.5) is 5.69 Å². The van der Waals surface area contributed by atoms with E-state index in [1.165, 1.54) is 0 Å². The Morgan fingerprint density at radius 1 is 1.44 bits per heavy atom. The van der Waals surface area contributed by atoms with Gasteiger partial charge in [0.05, 0.1) is 23.9 Å². The first-order valence-electron chi connectivity index (χ1n) is 6.05. The second kappa shape index (κ2) is 6.40. The summed E-state index contributed by atoms with van der Waals surface area (Å²) in [6, 6.07) is 5.36. The SMILES string of the molecule is COCC(Nc1c(C)cccc1C(=O)O)C(C)C. The van der Waals surface area contributed by atoms with Crippen LogP contribution in [0.1, 0.15) is 29.8 Å². The van der Waals surface area contributed by atoms with Crippen molar-refractivity contribution in [2.75, 3.05) is 19.0 Å². The van der Waals surface area contributed by atoms with Crippen molar-refractivity contribution in [3.8, 4) is 0 Å². The van der Waals surface area contributed by atoms with E-state index in [9.17, 15) is 9.90 Å². The van der Waals surface area contributed by atoms with E-state index >= 15 is 0 Å². The van der Waals surface area contributed by atoms with Crippen LogP contribution in [-0.4, -0.2) is 30.8 Å². The first-order valence-corrected chi connectivity index (χ1v) is 6.05. The molecular weight excluding hydrogens is 230 g/mol. The topological polar surface area (TPSA) is 58.6 Å². The molecule has 4 heteroatoms. The summed E-state index contributed by atoms with van der Waals surface area (Å²) in [5, 5.41) is 12.5. The summed E-state index contributed by atoms with van der Waals surface area (Å²) in [6.45, 7) is 6.61. The number of carboxylic acid groups (broad SMARTS) is 1. The van der Waals surface area contributed by atoms with Gasteiger partial charge in [-0.15, -0.1) is 0 Å². The van der Waals surface area contributed by atoms with Crippen LogP contribution in [0.3, 0.4) is 0 Å². The Hall–Kier alpha value is -1.55. The molecule has 0 amide bonds. The minimum absolute atomic E-state index is 0.0919. The number of anilines is 1. The zero-order valence-electron chi connectivity index (χ0n) is 11.4. The average molecular weight is 251 g/mol. The Kier molecular flexibility index (Phi) is 5.16. The van der Waals surface area contributed by atoms with Crippen LogP contribution in [0.15, 0.2) is 18.2 Å². The van der Waals surface area contributed by atoms with Crippen LogP contribution >= 0.6 is 0 Å². The standard InChI is InChI=1S/C14H21NO3/c1-9(2)12(8-18-4)15-13-10(3)6-5-7-11(13)14(16)17/h5-7,9,12,15H,8H2,1-4H3,(H,16,17). The number of carbonyl (C=O) groups is 1. The van der Waals surface area contributed by atoms with Gasteiger partial charge in [0, 0.05) is 7.11 Å². The molecule has 18 heavy (non-hydrogen) atoms. The normalized spacial score (nSPS) is 12.5. The third-order valence-electron chi connectivity index (χ3n) is 2.98. The molecular formula is C14H21NO3. The number of hydrogen-bond acceptors (Lipinski definition) is 3. The Bertz CT molecular complexity index is 416. The van der Waals surface area contributed by atoms with Gasteiger partial charge in [0.25, 0.3) is 0 Å². The van der Waals surface area contributed by atoms with Gasteiger partial charge in [-0.25, -0.2) is 4.79 Å². The van der Waals surface area contributed by atoms with Crippen LogP contribution < -0.4 is 5.32 Å². The first-order chi connectivity index (χ1) is 8.47. The Morgan fingerprint density at radius 3 is 2.61 bits per heavy atom. The maximum absolute atomic E-state index is 11.2. The van der Waals surface area contributed by atoms with Crippen molar-refractivity contribution >= 4 is 11.7 Å². The van der Waals surface area contributed by atoms with Crippen LogP contribution in [0, 0.1) is 12.8 Å². The molecule has 100 valence electrons. The molecule has 0 bridgehead atoms. The predicted molar refractivity (Wildman–Crippen MR) is 72.3 cm³/mol. The highest BCUT2D eigenvalue weighted by Gasteiger charge is 2.18. The highest BCUT2D eigenvalue weighted by atomic mass is 16.5. The van der Waals surface area contributed by atoms with Gasteiger partial charge in [0.1, 0.15) is 0 Å². The number of hydrogen-bond donors (Lipinski definition) is 2. The molecule has 0 aliphatic rings. The highest BCUT2D eigenvalue weighted by molar-refractivity contribution is 5.95. The van der Waals surface area contributed by atoms with Gasteiger partial charge >= 0.3 is 5.97 Å². The van der Waals surface area contributed by atoms with Crippen molar-refractivity contribution in [3.05, 3.63) is 29.3 Å². The van der Waals surface area contributed by atoms with Crippen LogP contribution in [0.25, 0.3) is 0 Å². The molecule has 1 aromatic carbocycles. The number of rotatable bonds is 6. The fourth-order valence-electron chi connectivity index (χ4n) is 1.80. The summed E-state index contributed by atoms with van der Waals surface area (Å²) in [7, 11) is 1.65.